The molecule has 0 saturated carbocycles. The maximum atomic E-state index is 13.5. The molecular formula is C12H12BrFN2O. The van der Waals surface area contributed by atoms with Crippen molar-refractivity contribution in [1.29, 1.82) is 0 Å². The van der Waals surface area contributed by atoms with Gasteiger partial charge < -0.3 is 4.42 Å². The lowest BCUT2D eigenvalue weighted by Crippen LogP contribution is -2.28. The molecule has 0 aliphatic heterocycles. The Morgan fingerprint density at radius 3 is 2.71 bits per heavy atom. The van der Waals surface area contributed by atoms with E-state index in [0.29, 0.717) is 16.9 Å². The normalized spacial score (nSPS) is 12.7. The van der Waals surface area contributed by atoms with E-state index < -0.39 is 0 Å². The maximum absolute atomic E-state index is 13.5. The van der Waals surface area contributed by atoms with E-state index in [1.54, 1.807) is 25.3 Å². The van der Waals surface area contributed by atoms with Crippen molar-refractivity contribution in [1.82, 2.24) is 5.43 Å². The van der Waals surface area contributed by atoms with Crippen LogP contribution in [0.15, 0.2) is 39.4 Å². The number of nitrogens with one attached hydrogen (secondary N) is 1. The van der Waals surface area contributed by atoms with Crippen LogP contribution in [0.2, 0.25) is 0 Å². The molecular weight excluding hydrogens is 287 g/mol. The van der Waals surface area contributed by atoms with Crippen molar-refractivity contribution in [2.24, 2.45) is 5.84 Å². The standard InChI is InChI=1S/C12H12BrFN2O/c1-7-2-3-8(6-10(7)14)11(16-15)12-9(13)4-5-17-12/h2-6,11,16H,15H2,1H3. The Hall–Kier alpha value is -1.17. The fraction of sp³-hybridized carbons (Fsp3) is 0.167. The van der Waals surface area contributed by atoms with Crippen LogP contribution in [-0.2, 0) is 0 Å². The van der Waals surface area contributed by atoms with E-state index in [4.69, 9.17) is 10.3 Å². The van der Waals surface area contributed by atoms with E-state index in [9.17, 15) is 4.39 Å². The van der Waals surface area contributed by atoms with Crippen LogP contribution in [0.1, 0.15) is 22.9 Å². The predicted octanol–water partition coefficient (Wildman–Crippen LogP) is 3.04. The molecule has 1 aromatic heterocycles. The van der Waals surface area contributed by atoms with Gasteiger partial charge in [-0.1, -0.05) is 12.1 Å². The van der Waals surface area contributed by atoms with Gasteiger partial charge in [-0.15, -0.1) is 0 Å². The second kappa shape index (κ2) is 5.00. The number of hydrogen-bond donors (Lipinski definition) is 2. The van der Waals surface area contributed by atoms with Crippen molar-refractivity contribution in [2.45, 2.75) is 13.0 Å². The number of rotatable bonds is 3. The minimum Gasteiger partial charge on any atom is -0.466 e. The fourth-order valence-electron chi connectivity index (χ4n) is 1.62. The summed E-state index contributed by atoms with van der Waals surface area (Å²) in [5.74, 6) is 5.86. The zero-order valence-corrected chi connectivity index (χ0v) is 10.8. The summed E-state index contributed by atoms with van der Waals surface area (Å²) in [6, 6.07) is 6.37. The van der Waals surface area contributed by atoms with Crippen molar-refractivity contribution in [3.8, 4) is 0 Å². The van der Waals surface area contributed by atoms with Gasteiger partial charge in [0.25, 0.3) is 0 Å². The Morgan fingerprint density at radius 2 is 2.18 bits per heavy atom. The molecule has 0 aliphatic carbocycles. The number of aryl methyl sites for hydroxylation is 1. The van der Waals surface area contributed by atoms with E-state index in [1.807, 2.05) is 6.07 Å². The second-order valence-corrected chi connectivity index (χ2v) is 4.60. The lowest BCUT2D eigenvalue weighted by molar-refractivity contribution is 0.448. The average Bonchev–Trinajstić information content (AvgIpc) is 2.71. The third-order valence-corrected chi connectivity index (χ3v) is 3.26. The van der Waals surface area contributed by atoms with Crippen LogP contribution in [0.5, 0.6) is 0 Å². The summed E-state index contributed by atoms with van der Waals surface area (Å²) in [5.41, 5.74) is 3.93. The van der Waals surface area contributed by atoms with Crippen molar-refractivity contribution in [3.05, 3.63) is 57.7 Å². The lowest BCUT2D eigenvalue weighted by Gasteiger charge is -2.15. The summed E-state index contributed by atoms with van der Waals surface area (Å²) in [7, 11) is 0. The highest BCUT2D eigenvalue weighted by Crippen LogP contribution is 2.29. The SMILES string of the molecule is Cc1ccc(C(NN)c2occc2Br)cc1F. The monoisotopic (exact) mass is 298 g/mol. The minimum absolute atomic E-state index is 0.259. The first-order chi connectivity index (χ1) is 8.13. The first kappa shape index (κ1) is 12.3. The van der Waals surface area contributed by atoms with E-state index in [1.165, 1.54) is 6.07 Å². The quantitative estimate of drug-likeness (QED) is 0.676. The molecule has 1 unspecified atom stereocenters. The molecule has 0 amide bonds. The van der Waals surface area contributed by atoms with Gasteiger partial charge in [0, 0.05) is 0 Å². The third-order valence-electron chi connectivity index (χ3n) is 2.60. The van der Waals surface area contributed by atoms with Crippen LogP contribution in [-0.4, -0.2) is 0 Å². The number of hydrogen-bond acceptors (Lipinski definition) is 3. The molecule has 2 rings (SSSR count). The zero-order chi connectivity index (χ0) is 12.4. The van der Waals surface area contributed by atoms with Crippen molar-refractivity contribution < 1.29 is 8.81 Å². The zero-order valence-electron chi connectivity index (χ0n) is 9.21. The molecule has 0 spiro atoms. The minimum atomic E-state index is -0.380. The summed E-state index contributed by atoms with van der Waals surface area (Å²) < 4.78 is 19.6. The molecule has 0 aliphatic rings. The van der Waals surface area contributed by atoms with Gasteiger partial charge in [-0.2, -0.15) is 0 Å². The van der Waals surface area contributed by atoms with Crippen LogP contribution in [0.25, 0.3) is 0 Å². The summed E-state index contributed by atoms with van der Waals surface area (Å²) in [6.45, 7) is 1.72. The average molecular weight is 299 g/mol. The van der Waals surface area contributed by atoms with E-state index in [2.05, 4.69) is 21.4 Å². The Kier molecular flexibility index (Phi) is 3.61. The van der Waals surface area contributed by atoms with Crippen LogP contribution in [0.4, 0.5) is 4.39 Å². The highest BCUT2D eigenvalue weighted by Gasteiger charge is 2.19. The molecule has 0 bridgehead atoms. The van der Waals surface area contributed by atoms with Crippen molar-refractivity contribution in [3.63, 3.8) is 0 Å². The number of halogens is 2. The van der Waals surface area contributed by atoms with Gasteiger partial charge in [0.2, 0.25) is 0 Å². The van der Waals surface area contributed by atoms with Gasteiger partial charge in [0.1, 0.15) is 17.6 Å². The summed E-state index contributed by atoms with van der Waals surface area (Å²) in [5, 5.41) is 0. The molecule has 1 atom stereocenters. The fourth-order valence-corrected chi connectivity index (χ4v) is 2.05. The molecule has 0 radical (unpaired) electrons. The number of nitrogens with two attached hydrogens (primary N) is 1. The van der Waals surface area contributed by atoms with Crippen LogP contribution < -0.4 is 11.3 Å². The van der Waals surface area contributed by atoms with Crippen molar-refractivity contribution in [2.75, 3.05) is 0 Å². The number of hydrazine groups is 1. The summed E-state index contributed by atoms with van der Waals surface area (Å²) in [6.07, 6.45) is 1.55. The maximum Gasteiger partial charge on any atom is 0.140 e. The van der Waals surface area contributed by atoms with Gasteiger partial charge in [-0.25, -0.2) is 9.82 Å². The molecule has 0 fully saturated rings. The van der Waals surface area contributed by atoms with Gasteiger partial charge in [-0.05, 0) is 46.1 Å². The van der Waals surface area contributed by atoms with E-state index in [0.717, 1.165) is 4.47 Å². The summed E-state index contributed by atoms with van der Waals surface area (Å²) in [4.78, 5) is 0. The topological polar surface area (TPSA) is 51.2 Å². The molecule has 3 N–H and O–H groups in total. The lowest BCUT2D eigenvalue weighted by atomic mass is 10.0. The summed E-state index contributed by atoms with van der Waals surface area (Å²) >= 11 is 3.35. The smallest absolute Gasteiger partial charge is 0.140 e. The van der Waals surface area contributed by atoms with Crippen LogP contribution >= 0.6 is 15.9 Å². The molecule has 1 aromatic carbocycles. The molecule has 2 aromatic rings. The Morgan fingerprint density at radius 1 is 1.41 bits per heavy atom. The van der Waals surface area contributed by atoms with Crippen LogP contribution in [0, 0.1) is 12.7 Å². The molecule has 90 valence electrons. The number of benzene rings is 1. The Bertz CT molecular complexity index is 527. The Labute approximate surface area is 107 Å². The highest BCUT2D eigenvalue weighted by molar-refractivity contribution is 9.10. The first-order valence-electron chi connectivity index (χ1n) is 5.08. The van der Waals surface area contributed by atoms with E-state index in [-0.39, 0.29) is 11.9 Å². The van der Waals surface area contributed by atoms with Gasteiger partial charge in [0.15, 0.2) is 0 Å². The molecule has 17 heavy (non-hydrogen) atoms. The van der Waals surface area contributed by atoms with E-state index >= 15 is 0 Å². The largest absolute Gasteiger partial charge is 0.466 e. The molecule has 0 saturated heterocycles. The Balaban J connectivity index is 2.42. The second-order valence-electron chi connectivity index (χ2n) is 3.74. The van der Waals surface area contributed by atoms with Gasteiger partial charge in [-0.3, -0.25) is 5.84 Å². The van der Waals surface area contributed by atoms with Crippen LogP contribution in [0.3, 0.4) is 0 Å². The predicted molar refractivity (Wildman–Crippen MR) is 66.7 cm³/mol. The molecule has 1 heterocycles. The third kappa shape index (κ3) is 2.41. The number of furan rings is 1. The first-order valence-corrected chi connectivity index (χ1v) is 5.88. The molecule has 3 nitrogen and oxygen atoms in total. The molecule has 5 heteroatoms. The highest BCUT2D eigenvalue weighted by atomic mass is 79.9. The van der Waals surface area contributed by atoms with Crippen molar-refractivity contribution >= 4 is 15.9 Å². The van der Waals surface area contributed by atoms with Gasteiger partial charge in [0.05, 0.1) is 10.7 Å². The van der Waals surface area contributed by atoms with Gasteiger partial charge >= 0.3 is 0 Å².